The monoisotopic (exact) mass is 286 g/mol. The molecule has 0 bridgehead atoms. The molecule has 2 fully saturated rings. The highest BCUT2D eigenvalue weighted by atomic mass is 32.2. The van der Waals surface area contributed by atoms with Crippen LogP contribution in [0.5, 0.6) is 0 Å². The van der Waals surface area contributed by atoms with Crippen LogP contribution >= 0.6 is 11.8 Å². The molecule has 6 heteroatoms. The molecule has 2 rings (SSSR count). The number of thioether (sulfide) groups is 1. The van der Waals surface area contributed by atoms with Crippen molar-refractivity contribution in [2.45, 2.75) is 38.1 Å². The second kappa shape index (κ2) is 7.03. The summed E-state index contributed by atoms with van der Waals surface area (Å²) in [7, 11) is 0. The summed E-state index contributed by atoms with van der Waals surface area (Å²) in [5.41, 5.74) is 0. The molecule has 0 spiro atoms. The molecule has 1 heterocycles. The van der Waals surface area contributed by atoms with Gasteiger partial charge in [0, 0.05) is 12.6 Å². The fourth-order valence-corrected chi connectivity index (χ4v) is 3.97. The van der Waals surface area contributed by atoms with Gasteiger partial charge < -0.3 is 15.7 Å². The summed E-state index contributed by atoms with van der Waals surface area (Å²) in [5, 5.41) is 14.7. The molecule has 2 aliphatic rings. The third-order valence-corrected chi connectivity index (χ3v) is 5.06. The van der Waals surface area contributed by atoms with Crippen molar-refractivity contribution in [3.05, 3.63) is 0 Å². The van der Waals surface area contributed by atoms with Crippen LogP contribution in [-0.2, 0) is 4.79 Å². The minimum atomic E-state index is -0.746. The highest BCUT2D eigenvalue weighted by Gasteiger charge is 2.30. The van der Waals surface area contributed by atoms with E-state index in [2.05, 4.69) is 10.6 Å². The lowest BCUT2D eigenvalue weighted by atomic mass is 10.0. The Hall–Kier alpha value is -0.910. The molecule has 5 nitrogen and oxygen atoms in total. The summed E-state index contributed by atoms with van der Waals surface area (Å²) in [6.07, 6.45) is 4.35. The standard InChI is InChI=1S/C13H22N2O3S/c16-12(17)10-1-2-11(7-10)15-13(18)14-8-9-3-5-19-6-4-9/h9-11H,1-8H2,(H,16,17)(H2,14,15,18)/t10-,11+/m1/s1. The van der Waals surface area contributed by atoms with E-state index in [1.165, 1.54) is 24.3 Å². The molecule has 2 atom stereocenters. The van der Waals surface area contributed by atoms with E-state index in [9.17, 15) is 9.59 Å². The molecule has 1 aliphatic carbocycles. The van der Waals surface area contributed by atoms with E-state index in [-0.39, 0.29) is 18.0 Å². The fourth-order valence-electron chi connectivity index (χ4n) is 2.76. The van der Waals surface area contributed by atoms with Crippen LogP contribution < -0.4 is 10.6 Å². The molecule has 3 N–H and O–H groups in total. The Bertz CT molecular complexity index is 332. The average molecular weight is 286 g/mol. The highest BCUT2D eigenvalue weighted by molar-refractivity contribution is 7.99. The number of rotatable bonds is 4. The molecule has 19 heavy (non-hydrogen) atoms. The normalized spacial score (nSPS) is 28.0. The molecule has 1 saturated heterocycles. The first-order chi connectivity index (χ1) is 9.15. The van der Waals surface area contributed by atoms with Gasteiger partial charge in [-0.05, 0) is 49.5 Å². The van der Waals surface area contributed by atoms with E-state index in [1.54, 1.807) is 0 Å². The van der Waals surface area contributed by atoms with E-state index in [0.717, 1.165) is 13.0 Å². The molecular weight excluding hydrogens is 264 g/mol. The van der Waals surface area contributed by atoms with Crippen molar-refractivity contribution in [2.75, 3.05) is 18.1 Å². The van der Waals surface area contributed by atoms with Crippen LogP contribution in [0.15, 0.2) is 0 Å². The number of carboxylic acids is 1. The average Bonchev–Trinajstić information content (AvgIpc) is 2.86. The molecular formula is C13H22N2O3S. The molecule has 0 aromatic heterocycles. The van der Waals surface area contributed by atoms with E-state index >= 15 is 0 Å². The minimum absolute atomic E-state index is 0.0167. The number of hydrogen-bond donors (Lipinski definition) is 3. The Balaban J connectivity index is 1.63. The van der Waals surface area contributed by atoms with Gasteiger partial charge in [-0.15, -0.1) is 0 Å². The maximum Gasteiger partial charge on any atom is 0.315 e. The maximum absolute atomic E-state index is 11.7. The molecule has 0 unspecified atom stereocenters. The van der Waals surface area contributed by atoms with Gasteiger partial charge in [-0.3, -0.25) is 4.79 Å². The van der Waals surface area contributed by atoms with Crippen LogP contribution in [0.25, 0.3) is 0 Å². The quantitative estimate of drug-likeness (QED) is 0.735. The second-order valence-electron chi connectivity index (χ2n) is 5.46. The van der Waals surface area contributed by atoms with Crippen molar-refractivity contribution in [1.29, 1.82) is 0 Å². The van der Waals surface area contributed by atoms with Gasteiger partial charge >= 0.3 is 12.0 Å². The number of nitrogens with one attached hydrogen (secondary N) is 2. The van der Waals surface area contributed by atoms with E-state index in [1.807, 2.05) is 11.8 Å². The predicted octanol–water partition coefficient (Wildman–Crippen LogP) is 1.68. The highest BCUT2D eigenvalue weighted by Crippen LogP contribution is 2.25. The Morgan fingerprint density at radius 2 is 1.89 bits per heavy atom. The van der Waals surface area contributed by atoms with E-state index < -0.39 is 5.97 Å². The van der Waals surface area contributed by atoms with Crippen molar-refractivity contribution in [3.63, 3.8) is 0 Å². The Kier molecular flexibility index (Phi) is 5.36. The van der Waals surface area contributed by atoms with Crippen LogP contribution in [0.2, 0.25) is 0 Å². The van der Waals surface area contributed by atoms with Crippen molar-refractivity contribution >= 4 is 23.8 Å². The van der Waals surface area contributed by atoms with Crippen LogP contribution in [0.1, 0.15) is 32.1 Å². The summed E-state index contributed by atoms with van der Waals surface area (Å²) in [6.45, 7) is 0.738. The predicted molar refractivity (Wildman–Crippen MR) is 75.3 cm³/mol. The number of hydrogen-bond acceptors (Lipinski definition) is 3. The minimum Gasteiger partial charge on any atom is -0.481 e. The van der Waals surface area contributed by atoms with Crippen LogP contribution in [0.3, 0.4) is 0 Å². The molecule has 2 amide bonds. The zero-order chi connectivity index (χ0) is 13.7. The zero-order valence-corrected chi connectivity index (χ0v) is 11.9. The Morgan fingerprint density at radius 1 is 1.16 bits per heavy atom. The van der Waals surface area contributed by atoms with Gasteiger partial charge in [0.05, 0.1) is 5.92 Å². The van der Waals surface area contributed by atoms with E-state index in [0.29, 0.717) is 18.8 Å². The van der Waals surface area contributed by atoms with Gasteiger partial charge in [0.2, 0.25) is 0 Å². The largest absolute Gasteiger partial charge is 0.481 e. The number of aliphatic carboxylic acids is 1. The summed E-state index contributed by atoms with van der Waals surface area (Å²) >= 11 is 1.98. The lowest BCUT2D eigenvalue weighted by Gasteiger charge is -2.22. The summed E-state index contributed by atoms with van der Waals surface area (Å²) in [5.74, 6) is 1.95. The van der Waals surface area contributed by atoms with Gasteiger partial charge in [0.1, 0.15) is 0 Å². The number of amides is 2. The lowest BCUT2D eigenvalue weighted by Crippen LogP contribution is -2.43. The maximum atomic E-state index is 11.7. The van der Waals surface area contributed by atoms with Crippen LogP contribution in [0, 0.1) is 11.8 Å². The van der Waals surface area contributed by atoms with Crippen molar-refractivity contribution in [2.24, 2.45) is 11.8 Å². The molecule has 0 radical (unpaired) electrons. The fraction of sp³-hybridized carbons (Fsp3) is 0.846. The molecule has 0 aromatic rings. The topological polar surface area (TPSA) is 78.4 Å². The van der Waals surface area contributed by atoms with Gasteiger partial charge in [0.15, 0.2) is 0 Å². The molecule has 108 valence electrons. The summed E-state index contributed by atoms with van der Waals surface area (Å²) in [6, 6.07) is -0.128. The SMILES string of the molecule is O=C(NCC1CCSCC1)N[C@H]1CC[C@@H](C(=O)O)C1. The first-order valence-electron chi connectivity index (χ1n) is 7.00. The number of urea groups is 1. The smallest absolute Gasteiger partial charge is 0.315 e. The van der Waals surface area contributed by atoms with E-state index in [4.69, 9.17) is 5.11 Å². The Morgan fingerprint density at radius 3 is 2.53 bits per heavy atom. The second-order valence-corrected chi connectivity index (χ2v) is 6.68. The van der Waals surface area contributed by atoms with Crippen molar-refractivity contribution in [3.8, 4) is 0 Å². The van der Waals surface area contributed by atoms with Crippen molar-refractivity contribution in [1.82, 2.24) is 10.6 Å². The third kappa shape index (κ3) is 4.60. The van der Waals surface area contributed by atoms with Crippen LogP contribution in [-0.4, -0.2) is 41.2 Å². The van der Waals surface area contributed by atoms with Gasteiger partial charge in [-0.25, -0.2) is 4.79 Å². The number of carbonyl (C=O) groups excluding carboxylic acids is 1. The molecule has 1 aliphatic heterocycles. The first kappa shape index (κ1) is 14.5. The number of carbonyl (C=O) groups is 2. The summed E-state index contributed by atoms with van der Waals surface area (Å²) in [4.78, 5) is 22.6. The van der Waals surface area contributed by atoms with Gasteiger partial charge in [0.25, 0.3) is 0 Å². The number of carboxylic acid groups (broad SMARTS) is 1. The lowest BCUT2D eigenvalue weighted by molar-refractivity contribution is -0.141. The summed E-state index contributed by atoms with van der Waals surface area (Å²) < 4.78 is 0. The first-order valence-corrected chi connectivity index (χ1v) is 8.15. The van der Waals surface area contributed by atoms with Gasteiger partial charge in [-0.2, -0.15) is 11.8 Å². The Labute approximate surface area is 117 Å². The van der Waals surface area contributed by atoms with Crippen molar-refractivity contribution < 1.29 is 14.7 Å². The third-order valence-electron chi connectivity index (χ3n) is 4.01. The molecule has 1 saturated carbocycles. The molecule has 0 aromatic carbocycles. The van der Waals surface area contributed by atoms with Crippen LogP contribution in [0.4, 0.5) is 4.79 Å². The van der Waals surface area contributed by atoms with Gasteiger partial charge in [-0.1, -0.05) is 0 Å². The zero-order valence-electron chi connectivity index (χ0n) is 11.1.